The summed E-state index contributed by atoms with van der Waals surface area (Å²) in [7, 11) is 0. The Kier molecular flexibility index (Phi) is 3.14. The molecule has 4 aromatic rings. The van der Waals surface area contributed by atoms with Crippen LogP contribution in [0.5, 0.6) is 11.5 Å². The number of para-hydroxylation sites is 1. The number of nitrogens with two attached hydrogens (primary N) is 1. The predicted molar refractivity (Wildman–Crippen MR) is 106 cm³/mol. The van der Waals surface area contributed by atoms with Crippen molar-refractivity contribution in [1.29, 1.82) is 0 Å². The number of aromatic amines is 1. The average Bonchev–Trinajstić information content (AvgIpc) is 3.34. The molecule has 8 nitrogen and oxygen atoms in total. The number of ether oxygens (including phenoxy) is 2. The van der Waals surface area contributed by atoms with Crippen LogP contribution in [-0.2, 0) is 0 Å². The van der Waals surface area contributed by atoms with E-state index in [1.165, 1.54) is 0 Å². The summed E-state index contributed by atoms with van der Waals surface area (Å²) in [6.45, 7) is 0.217. The van der Waals surface area contributed by atoms with Crippen molar-refractivity contribution in [3.8, 4) is 22.6 Å². The minimum absolute atomic E-state index is 0.152. The lowest BCUT2D eigenvalue weighted by Crippen LogP contribution is -2.15. The van der Waals surface area contributed by atoms with Gasteiger partial charge in [0.1, 0.15) is 0 Å². The Bertz CT molecular complexity index is 1310. The third-order valence-corrected chi connectivity index (χ3v) is 5.40. The molecule has 0 saturated carbocycles. The quantitative estimate of drug-likeness (QED) is 0.489. The van der Waals surface area contributed by atoms with Crippen LogP contribution in [0.15, 0.2) is 48.7 Å². The van der Waals surface area contributed by atoms with E-state index in [4.69, 9.17) is 15.2 Å². The number of benzene rings is 2. The highest BCUT2D eigenvalue weighted by Gasteiger charge is 2.30. The van der Waals surface area contributed by atoms with Crippen molar-refractivity contribution in [2.24, 2.45) is 5.73 Å². The van der Waals surface area contributed by atoms with Crippen LogP contribution >= 0.6 is 0 Å². The number of carbonyl (C=O) groups is 1. The molecule has 1 atom stereocenters. The molecule has 0 aliphatic carbocycles. The highest BCUT2D eigenvalue weighted by Crippen LogP contribution is 2.45. The summed E-state index contributed by atoms with van der Waals surface area (Å²) in [5.41, 5.74) is 10.7. The van der Waals surface area contributed by atoms with Crippen LogP contribution in [0.2, 0.25) is 0 Å². The molecule has 0 radical (unpaired) electrons. The van der Waals surface area contributed by atoms with Gasteiger partial charge in [-0.25, -0.2) is 0 Å². The van der Waals surface area contributed by atoms with Crippen LogP contribution < -0.4 is 20.5 Å². The molecule has 2 aromatic carbocycles. The fourth-order valence-electron chi connectivity index (χ4n) is 4.12. The Morgan fingerprint density at radius 1 is 1.10 bits per heavy atom. The number of aromatic nitrogens is 3. The van der Waals surface area contributed by atoms with Gasteiger partial charge in [0.2, 0.25) is 6.79 Å². The second-order valence-electron chi connectivity index (χ2n) is 6.99. The Labute approximate surface area is 164 Å². The topological polar surface area (TPSA) is 115 Å². The lowest BCUT2D eigenvalue weighted by atomic mass is 9.95. The molecule has 0 saturated heterocycles. The lowest BCUT2D eigenvalue weighted by Gasteiger charge is -2.19. The number of fused-ring (bicyclic) bond motifs is 3. The molecule has 2 aromatic heterocycles. The maximum atomic E-state index is 12.1. The van der Waals surface area contributed by atoms with Gasteiger partial charge in [-0.2, -0.15) is 0 Å². The molecule has 142 valence electrons. The molecule has 6 rings (SSSR count). The Balaban J connectivity index is 1.67. The molecule has 29 heavy (non-hydrogen) atoms. The minimum atomic E-state index is -0.613. The molecule has 0 bridgehead atoms. The molecule has 4 heterocycles. The first-order valence-electron chi connectivity index (χ1n) is 9.13. The van der Waals surface area contributed by atoms with Crippen molar-refractivity contribution in [1.82, 2.24) is 15.2 Å². The zero-order valence-electron chi connectivity index (χ0n) is 15.1. The van der Waals surface area contributed by atoms with E-state index >= 15 is 0 Å². The van der Waals surface area contributed by atoms with E-state index in [0.717, 1.165) is 33.5 Å². The first kappa shape index (κ1) is 15.9. The molecule has 2 aliphatic rings. The van der Waals surface area contributed by atoms with Gasteiger partial charge in [0, 0.05) is 34.0 Å². The van der Waals surface area contributed by atoms with Gasteiger partial charge in [0.25, 0.3) is 5.91 Å². The van der Waals surface area contributed by atoms with Gasteiger partial charge < -0.3 is 25.5 Å². The molecular formula is C21H15N5O3. The normalized spacial score (nSPS) is 16.2. The lowest BCUT2D eigenvalue weighted by molar-refractivity contribution is 0.0995. The Morgan fingerprint density at radius 3 is 2.86 bits per heavy atom. The van der Waals surface area contributed by atoms with Gasteiger partial charge in [0.05, 0.1) is 6.04 Å². The summed E-state index contributed by atoms with van der Waals surface area (Å²) in [5.74, 6) is 0.821. The van der Waals surface area contributed by atoms with Crippen molar-refractivity contribution in [3.05, 3.63) is 65.5 Å². The molecule has 8 heteroatoms. The number of anilines is 1. The number of carbonyl (C=O) groups excluding carboxylic acids is 1. The van der Waals surface area contributed by atoms with Gasteiger partial charge in [-0.05, 0) is 23.8 Å². The monoisotopic (exact) mass is 385 g/mol. The first-order valence-corrected chi connectivity index (χ1v) is 9.13. The molecule has 1 amide bonds. The second kappa shape index (κ2) is 5.71. The zero-order chi connectivity index (χ0) is 19.5. The number of amides is 1. The largest absolute Gasteiger partial charge is 0.454 e. The number of H-pyrrole nitrogens is 1. The van der Waals surface area contributed by atoms with E-state index in [9.17, 15) is 4.79 Å². The highest BCUT2D eigenvalue weighted by molar-refractivity contribution is 6.10. The van der Waals surface area contributed by atoms with E-state index in [1.807, 2.05) is 48.7 Å². The van der Waals surface area contributed by atoms with Crippen molar-refractivity contribution >= 4 is 22.6 Å². The van der Waals surface area contributed by atoms with Crippen molar-refractivity contribution in [2.75, 3.05) is 12.1 Å². The van der Waals surface area contributed by atoms with Crippen LogP contribution in [0, 0.1) is 0 Å². The van der Waals surface area contributed by atoms with Crippen LogP contribution in [0.1, 0.15) is 27.7 Å². The summed E-state index contributed by atoms with van der Waals surface area (Å²) in [5, 5.41) is 12.7. The Morgan fingerprint density at radius 2 is 1.97 bits per heavy atom. The molecular weight excluding hydrogens is 370 g/mol. The van der Waals surface area contributed by atoms with E-state index in [1.54, 1.807) is 0 Å². The van der Waals surface area contributed by atoms with E-state index in [-0.39, 0.29) is 18.5 Å². The van der Waals surface area contributed by atoms with Crippen LogP contribution in [0.4, 0.5) is 5.69 Å². The maximum absolute atomic E-state index is 12.1. The summed E-state index contributed by atoms with van der Waals surface area (Å²) in [6.07, 6.45) is 1.89. The third-order valence-electron chi connectivity index (χ3n) is 5.40. The summed E-state index contributed by atoms with van der Waals surface area (Å²) >= 11 is 0. The summed E-state index contributed by atoms with van der Waals surface area (Å²) in [6, 6.07) is 13.5. The van der Waals surface area contributed by atoms with Crippen LogP contribution in [-0.4, -0.2) is 27.9 Å². The molecule has 1 unspecified atom stereocenters. The number of primary amides is 1. The summed E-state index contributed by atoms with van der Waals surface area (Å²) < 4.78 is 11.0. The van der Waals surface area contributed by atoms with E-state index < -0.39 is 5.91 Å². The number of rotatable bonds is 2. The van der Waals surface area contributed by atoms with Crippen molar-refractivity contribution < 1.29 is 14.3 Å². The number of nitrogens with one attached hydrogen (secondary N) is 2. The van der Waals surface area contributed by atoms with E-state index in [0.29, 0.717) is 17.0 Å². The van der Waals surface area contributed by atoms with Crippen molar-refractivity contribution in [3.63, 3.8) is 0 Å². The third kappa shape index (κ3) is 2.22. The minimum Gasteiger partial charge on any atom is -0.454 e. The zero-order valence-corrected chi connectivity index (χ0v) is 15.1. The maximum Gasteiger partial charge on any atom is 0.269 e. The van der Waals surface area contributed by atoms with Gasteiger partial charge in [-0.3, -0.25) is 4.79 Å². The standard InChI is InChI=1S/C21H15N5O3/c22-20(27)19-16-11-3-1-2-4-13(11)24-18(12-8-23-21(17(12)16)26-25-19)10-5-6-14-15(7-10)29-9-28-14/h1-8,18,24H,9H2,(H2,22,27)(H,23,26). The molecule has 0 spiro atoms. The number of hydrogen-bond acceptors (Lipinski definition) is 6. The SMILES string of the molecule is NC(=O)c1nnc2[nH]cc3c2c1-c1ccccc1NC3c1ccc2c(c1)OCO2. The smallest absolute Gasteiger partial charge is 0.269 e. The second-order valence-corrected chi connectivity index (χ2v) is 6.99. The van der Waals surface area contributed by atoms with Gasteiger partial charge in [-0.15, -0.1) is 10.2 Å². The summed E-state index contributed by atoms with van der Waals surface area (Å²) in [4.78, 5) is 15.3. The fraction of sp³-hybridized carbons (Fsp3) is 0.0952. The highest BCUT2D eigenvalue weighted by atomic mass is 16.7. The molecule has 0 fully saturated rings. The van der Waals surface area contributed by atoms with Gasteiger partial charge in [0.15, 0.2) is 22.8 Å². The number of hydrogen-bond donors (Lipinski definition) is 3. The Hall–Kier alpha value is -4.07. The van der Waals surface area contributed by atoms with Crippen LogP contribution in [0.25, 0.3) is 22.2 Å². The average molecular weight is 385 g/mol. The molecule has 2 aliphatic heterocycles. The van der Waals surface area contributed by atoms with E-state index in [2.05, 4.69) is 20.5 Å². The van der Waals surface area contributed by atoms with Crippen LogP contribution in [0.3, 0.4) is 0 Å². The van der Waals surface area contributed by atoms with Gasteiger partial charge in [-0.1, -0.05) is 24.3 Å². The fourth-order valence-corrected chi connectivity index (χ4v) is 4.12. The van der Waals surface area contributed by atoms with Crippen molar-refractivity contribution in [2.45, 2.75) is 6.04 Å². The predicted octanol–water partition coefficient (Wildman–Crippen LogP) is 2.97. The first-order chi connectivity index (χ1) is 14.2. The molecule has 4 N–H and O–H groups in total. The van der Waals surface area contributed by atoms with Gasteiger partial charge >= 0.3 is 0 Å². The number of nitrogens with zero attached hydrogens (tertiary/aromatic N) is 2.